The quantitative estimate of drug-likeness (QED) is 0.157. The zero-order valence-corrected chi connectivity index (χ0v) is 30.4. The molecule has 11 rings (SSSR count). The summed E-state index contributed by atoms with van der Waals surface area (Å²) in [7, 11) is 0. The van der Waals surface area contributed by atoms with E-state index in [1.807, 2.05) is 109 Å². The van der Waals surface area contributed by atoms with Crippen LogP contribution >= 0.6 is 0 Å². The number of nitrogens with zero attached hydrogens (tertiary/aromatic N) is 6. The molecule has 266 valence electrons. The van der Waals surface area contributed by atoms with Crippen molar-refractivity contribution in [2.45, 2.75) is 0 Å². The van der Waals surface area contributed by atoms with E-state index < -0.39 is 0 Å². The Kier molecular flexibility index (Phi) is 7.67. The lowest BCUT2D eigenvalue weighted by molar-refractivity contribution is 0.653. The van der Waals surface area contributed by atoms with E-state index >= 15 is 0 Å². The first-order valence-corrected chi connectivity index (χ1v) is 18.8. The molecule has 0 aliphatic carbocycles. The molecular formula is C50H30N6O. The Hall–Kier alpha value is -7.90. The van der Waals surface area contributed by atoms with Gasteiger partial charge in [0.1, 0.15) is 11.2 Å². The molecule has 7 nitrogen and oxygen atoms in total. The number of pyridine rings is 1. The highest BCUT2D eigenvalue weighted by molar-refractivity contribution is 6.08. The van der Waals surface area contributed by atoms with Gasteiger partial charge in [0, 0.05) is 39.6 Å². The molecular weight excluding hydrogens is 701 g/mol. The van der Waals surface area contributed by atoms with E-state index in [0.717, 1.165) is 60.8 Å². The Labute approximate surface area is 327 Å². The van der Waals surface area contributed by atoms with Gasteiger partial charge in [-0.1, -0.05) is 152 Å². The summed E-state index contributed by atoms with van der Waals surface area (Å²) in [6.07, 6.45) is 1.84. The van der Waals surface area contributed by atoms with Crippen LogP contribution in [-0.4, -0.2) is 29.9 Å². The van der Waals surface area contributed by atoms with Crippen molar-refractivity contribution in [3.05, 3.63) is 182 Å². The standard InChI is InChI=1S/C50H30N6O/c1-4-12-32(13-5-1)46-52-43(39-25-24-38-26-36-18-10-11-19-37(36)27-40(38)28-39)45-44(53-46)42-29-41(30-51-50(42)57-45)31-20-22-35(23-21-31)49-55-47(33-14-6-2-7-15-33)54-48(56-49)34-16-8-3-9-17-34/h1-30H. The zero-order chi connectivity index (χ0) is 37.7. The van der Waals surface area contributed by atoms with Crippen LogP contribution in [-0.2, 0) is 0 Å². The molecule has 7 heteroatoms. The van der Waals surface area contributed by atoms with Crippen LogP contribution in [0.2, 0.25) is 0 Å². The molecule has 4 heterocycles. The zero-order valence-electron chi connectivity index (χ0n) is 30.4. The molecule has 0 aliphatic heterocycles. The Balaban J connectivity index is 1.02. The summed E-state index contributed by atoms with van der Waals surface area (Å²) in [5, 5.41) is 5.51. The molecule has 57 heavy (non-hydrogen) atoms. The second-order valence-corrected chi connectivity index (χ2v) is 14.0. The average Bonchev–Trinajstić information content (AvgIpc) is 3.66. The van der Waals surface area contributed by atoms with Crippen molar-refractivity contribution in [3.63, 3.8) is 0 Å². The fourth-order valence-corrected chi connectivity index (χ4v) is 7.44. The normalized spacial score (nSPS) is 11.5. The fraction of sp³-hybridized carbons (Fsp3) is 0. The van der Waals surface area contributed by atoms with Gasteiger partial charge in [0.15, 0.2) is 28.9 Å². The monoisotopic (exact) mass is 730 g/mol. The minimum absolute atomic E-state index is 0.505. The van der Waals surface area contributed by atoms with Crippen molar-refractivity contribution in [3.8, 4) is 67.9 Å². The molecule has 0 bridgehead atoms. The molecule has 4 aromatic heterocycles. The lowest BCUT2D eigenvalue weighted by Crippen LogP contribution is -2.00. The molecule has 0 N–H and O–H groups in total. The largest absolute Gasteiger partial charge is 0.434 e. The number of hydrogen-bond acceptors (Lipinski definition) is 7. The molecule has 0 spiro atoms. The van der Waals surface area contributed by atoms with Crippen LogP contribution < -0.4 is 0 Å². The maximum absolute atomic E-state index is 6.52. The highest BCUT2D eigenvalue weighted by atomic mass is 16.3. The Morgan fingerprint density at radius 1 is 0.333 bits per heavy atom. The molecule has 0 saturated heterocycles. The van der Waals surface area contributed by atoms with Crippen molar-refractivity contribution in [1.29, 1.82) is 0 Å². The van der Waals surface area contributed by atoms with E-state index in [2.05, 4.69) is 72.8 Å². The van der Waals surface area contributed by atoms with Gasteiger partial charge in [-0.2, -0.15) is 0 Å². The van der Waals surface area contributed by atoms with Gasteiger partial charge in [0.2, 0.25) is 5.71 Å². The highest BCUT2D eigenvalue weighted by Crippen LogP contribution is 2.38. The smallest absolute Gasteiger partial charge is 0.229 e. The molecule has 0 fully saturated rings. The first-order chi connectivity index (χ1) is 28.2. The van der Waals surface area contributed by atoms with Crippen molar-refractivity contribution < 1.29 is 4.42 Å². The second-order valence-electron chi connectivity index (χ2n) is 14.0. The molecule has 0 aliphatic rings. The molecule has 7 aromatic carbocycles. The minimum Gasteiger partial charge on any atom is -0.434 e. The summed E-state index contributed by atoms with van der Waals surface area (Å²) in [4.78, 5) is 29.7. The first kappa shape index (κ1) is 32.5. The Bertz CT molecular complexity index is 3220. The van der Waals surface area contributed by atoms with Crippen LogP contribution in [0.4, 0.5) is 0 Å². The van der Waals surface area contributed by atoms with E-state index in [4.69, 9.17) is 34.3 Å². The molecule has 0 radical (unpaired) electrons. The maximum Gasteiger partial charge on any atom is 0.229 e. The van der Waals surface area contributed by atoms with Crippen LogP contribution in [0.5, 0.6) is 0 Å². The number of hydrogen-bond donors (Lipinski definition) is 0. The predicted molar refractivity (Wildman–Crippen MR) is 228 cm³/mol. The summed E-state index contributed by atoms with van der Waals surface area (Å²) in [6.45, 7) is 0. The van der Waals surface area contributed by atoms with E-state index in [0.29, 0.717) is 40.1 Å². The summed E-state index contributed by atoms with van der Waals surface area (Å²) in [5.41, 5.74) is 9.07. The van der Waals surface area contributed by atoms with Crippen molar-refractivity contribution >= 4 is 43.7 Å². The van der Waals surface area contributed by atoms with Gasteiger partial charge in [-0.25, -0.2) is 29.9 Å². The van der Waals surface area contributed by atoms with Gasteiger partial charge in [0.05, 0.1) is 5.39 Å². The summed E-state index contributed by atoms with van der Waals surface area (Å²) in [5.74, 6) is 2.47. The van der Waals surface area contributed by atoms with E-state index in [9.17, 15) is 0 Å². The number of rotatable bonds is 6. The number of furan rings is 1. The SMILES string of the molecule is c1ccc(-c2nc(-c3ccccc3)nc(-c3ccc(-c4cnc5oc6c(-c7ccc8cc9ccccc9cc8c7)nc(-c7ccccc7)nc6c5c4)cc3)n2)cc1. The fourth-order valence-electron chi connectivity index (χ4n) is 7.44. The molecule has 0 unspecified atom stereocenters. The number of aromatic nitrogens is 6. The van der Waals surface area contributed by atoms with Crippen molar-refractivity contribution in [2.24, 2.45) is 0 Å². The maximum atomic E-state index is 6.52. The average molecular weight is 731 g/mol. The highest BCUT2D eigenvalue weighted by Gasteiger charge is 2.20. The third kappa shape index (κ3) is 5.95. The molecule has 0 saturated carbocycles. The third-order valence-electron chi connectivity index (χ3n) is 10.4. The van der Waals surface area contributed by atoms with Crippen molar-refractivity contribution in [2.75, 3.05) is 0 Å². The van der Waals surface area contributed by atoms with Gasteiger partial charge >= 0.3 is 0 Å². The van der Waals surface area contributed by atoms with Gasteiger partial charge in [-0.3, -0.25) is 0 Å². The summed E-state index contributed by atoms with van der Waals surface area (Å²) >= 11 is 0. The van der Waals surface area contributed by atoms with Crippen LogP contribution in [0.15, 0.2) is 187 Å². The molecule has 0 atom stereocenters. The predicted octanol–water partition coefficient (Wildman–Crippen LogP) is 12.3. The van der Waals surface area contributed by atoms with Crippen LogP contribution in [0.1, 0.15) is 0 Å². The Morgan fingerprint density at radius 3 is 1.40 bits per heavy atom. The van der Waals surface area contributed by atoms with Gasteiger partial charge < -0.3 is 4.42 Å². The summed E-state index contributed by atoms with van der Waals surface area (Å²) in [6, 6.07) is 59.7. The number of fused-ring (bicyclic) bond motifs is 5. The molecule has 11 aromatic rings. The second kappa shape index (κ2) is 13.4. The van der Waals surface area contributed by atoms with E-state index in [1.54, 1.807) is 0 Å². The van der Waals surface area contributed by atoms with E-state index in [-0.39, 0.29) is 0 Å². The van der Waals surface area contributed by atoms with Crippen LogP contribution in [0.3, 0.4) is 0 Å². The first-order valence-electron chi connectivity index (χ1n) is 18.8. The van der Waals surface area contributed by atoms with E-state index in [1.165, 1.54) is 10.8 Å². The third-order valence-corrected chi connectivity index (χ3v) is 10.4. The van der Waals surface area contributed by atoms with Crippen molar-refractivity contribution in [1.82, 2.24) is 29.9 Å². The summed E-state index contributed by atoms with van der Waals surface area (Å²) < 4.78 is 6.52. The minimum atomic E-state index is 0.505. The Morgan fingerprint density at radius 2 is 0.807 bits per heavy atom. The van der Waals surface area contributed by atoms with Gasteiger partial charge in [-0.15, -0.1) is 0 Å². The van der Waals surface area contributed by atoms with Gasteiger partial charge in [-0.05, 0) is 51.4 Å². The lowest BCUT2D eigenvalue weighted by Gasteiger charge is -2.09. The van der Waals surface area contributed by atoms with Gasteiger partial charge in [0.25, 0.3) is 0 Å². The lowest BCUT2D eigenvalue weighted by atomic mass is 10.00. The molecule has 0 amide bonds. The topological polar surface area (TPSA) is 90.5 Å². The van der Waals surface area contributed by atoms with Crippen LogP contribution in [0, 0.1) is 0 Å². The van der Waals surface area contributed by atoms with Crippen LogP contribution in [0.25, 0.3) is 112 Å². The number of benzene rings is 7.